The van der Waals surface area contributed by atoms with Crippen LogP contribution in [0.3, 0.4) is 0 Å². The van der Waals surface area contributed by atoms with Crippen molar-refractivity contribution in [2.24, 2.45) is 0 Å². The average molecular weight is 270 g/mol. The van der Waals surface area contributed by atoms with Crippen LogP contribution < -0.4 is 0 Å². The van der Waals surface area contributed by atoms with E-state index in [1.165, 1.54) is 17.3 Å². The Morgan fingerprint density at radius 1 is 0.895 bits per heavy atom. The van der Waals surface area contributed by atoms with Gasteiger partial charge in [0, 0.05) is 36.1 Å². The zero-order valence-electron chi connectivity index (χ0n) is 9.93. The van der Waals surface area contributed by atoms with E-state index < -0.39 is 0 Å². The highest BCUT2D eigenvalue weighted by Crippen LogP contribution is 2.24. The lowest BCUT2D eigenvalue weighted by molar-refractivity contribution is 0.466. The predicted octanol–water partition coefficient (Wildman–Crippen LogP) is 2.82. The minimum Gasteiger partial charge on any atom is -0.411 e. The van der Waals surface area contributed by atoms with E-state index in [1.807, 2.05) is 24.3 Å². The summed E-state index contributed by atoms with van der Waals surface area (Å²) in [5, 5.41) is 8.60. The van der Waals surface area contributed by atoms with Gasteiger partial charge in [0.25, 0.3) is 5.22 Å². The molecule has 0 amide bonds. The molecule has 0 aliphatic rings. The molecule has 3 heterocycles. The highest BCUT2D eigenvalue weighted by molar-refractivity contribution is 7.98. The molecule has 0 radical (unpaired) electrons. The smallest absolute Gasteiger partial charge is 0.277 e. The van der Waals surface area contributed by atoms with Gasteiger partial charge in [-0.1, -0.05) is 11.8 Å². The second-order valence-electron chi connectivity index (χ2n) is 3.75. The van der Waals surface area contributed by atoms with E-state index in [1.54, 1.807) is 24.8 Å². The molecule has 0 aromatic carbocycles. The van der Waals surface area contributed by atoms with Gasteiger partial charge in [0.15, 0.2) is 0 Å². The van der Waals surface area contributed by atoms with Gasteiger partial charge in [-0.15, -0.1) is 10.2 Å². The van der Waals surface area contributed by atoms with Gasteiger partial charge in [-0.3, -0.25) is 9.97 Å². The maximum Gasteiger partial charge on any atom is 0.277 e. The molecule has 0 fully saturated rings. The van der Waals surface area contributed by atoms with E-state index in [4.69, 9.17) is 4.42 Å². The van der Waals surface area contributed by atoms with Gasteiger partial charge in [0.1, 0.15) is 0 Å². The lowest BCUT2D eigenvalue weighted by Gasteiger charge is -1.96. The Bertz CT molecular complexity index is 642. The molecular weight excluding hydrogens is 260 g/mol. The number of hydrogen-bond donors (Lipinski definition) is 0. The van der Waals surface area contributed by atoms with E-state index >= 15 is 0 Å². The van der Waals surface area contributed by atoms with Crippen molar-refractivity contribution >= 4 is 11.8 Å². The van der Waals surface area contributed by atoms with E-state index in [-0.39, 0.29) is 0 Å². The first-order chi connectivity index (χ1) is 9.42. The molecule has 0 aliphatic carbocycles. The number of aromatic nitrogens is 4. The Morgan fingerprint density at radius 3 is 2.32 bits per heavy atom. The Labute approximate surface area is 114 Å². The molecule has 0 bridgehead atoms. The fraction of sp³-hybridized carbons (Fsp3) is 0.0769. The topological polar surface area (TPSA) is 64.7 Å². The van der Waals surface area contributed by atoms with Gasteiger partial charge in [0.2, 0.25) is 5.89 Å². The molecule has 0 atom stereocenters. The van der Waals surface area contributed by atoms with Crippen molar-refractivity contribution < 1.29 is 4.42 Å². The molecule has 0 N–H and O–H groups in total. The maximum atomic E-state index is 5.59. The first-order valence-electron chi connectivity index (χ1n) is 5.67. The van der Waals surface area contributed by atoms with Crippen molar-refractivity contribution in [3.8, 4) is 11.5 Å². The predicted molar refractivity (Wildman–Crippen MR) is 71.3 cm³/mol. The minimum atomic E-state index is 0.514. The van der Waals surface area contributed by atoms with Crippen LogP contribution in [0.1, 0.15) is 5.56 Å². The number of thioether (sulfide) groups is 1. The largest absolute Gasteiger partial charge is 0.411 e. The third-order valence-electron chi connectivity index (χ3n) is 2.45. The summed E-state index contributed by atoms with van der Waals surface area (Å²) in [6.07, 6.45) is 6.94. The Kier molecular flexibility index (Phi) is 3.51. The van der Waals surface area contributed by atoms with Crippen molar-refractivity contribution in [3.05, 3.63) is 54.6 Å². The second-order valence-corrected chi connectivity index (χ2v) is 4.68. The summed E-state index contributed by atoms with van der Waals surface area (Å²) in [6, 6.07) is 7.61. The van der Waals surface area contributed by atoms with E-state index in [2.05, 4.69) is 20.2 Å². The van der Waals surface area contributed by atoms with Crippen molar-refractivity contribution in [2.45, 2.75) is 11.0 Å². The molecule has 3 aromatic rings. The van der Waals surface area contributed by atoms with Crippen LogP contribution in [0.2, 0.25) is 0 Å². The summed E-state index contributed by atoms with van der Waals surface area (Å²) in [7, 11) is 0. The molecule has 3 rings (SSSR count). The van der Waals surface area contributed by atoms with Crippen LogP contribution in [-0.2, 0) is 5.75 Å². The van der Waals surface area contributed by atoms with Crippen LogP contribution in [0.4, 0.5) is 0 Å². The Hall–Kier alpha value is -2.21. The lowest BCUT2D eigenvalue weighted by atomic mass is 10.3. The summed E-state index contributed by atoms with van der Waals surface area (Å²) >= 11 is 1.51. The third kappa shape index (κ3) is 2.97. The number of rotatable bonds is 4. The normalized spacial score (nSPS) is 10.5. The monoisotopic (exact) mass is 270 g/mol. The maximum absolute atomic E-state index is 5.59. The van der Waals surface area contributed by atoms with Gasteiger partial charge >= 0.3 is 0 Å². The van der Waals surface area contributed by atoms with Gasteiger partial charge in [-0.25, -0.2) is 0 Å². The zero-order chi connectivity index (χ0) is 12.9. The molecular formula is C13H10N4OS. The molecule has 0 saturated carbocycles. The third-order valence-corrected chi connectivity index (χ3v) is 3.34. The van der Waals surface area contributed by atoms with Crippen molar-refractivity contribution in [1.82, 2.24) is 20.2 Å². The van der Waals surface area contributed by atoms with Crippen LogP contribution in [0.25, 0.3) is 11.5 Å². The quantitative estimate of drug-likeness (QED) is 0.679. The van der Waals surface area contributed by atoms with Crippen molar-refractivity contribution in [2.75, 3.05) is 0 Å². The summed E-state index contributed by atoms with van der Waals surface area (Å²) in [6.45, 7) is 0. The van der Waals surface area contributed by atoms with Crippen molar-refractivity contribution in [3.63, 3.8) is 0 Å². The Morgan fingerprint density at radius 2 is 1.58 bits per heavy atom. The highest BCUT2D eigenvalue weighted by atomic mass is 32.2. The van der Waals surface area contributed by atoms with Crippen LogP contribution in [-0.4, -0.2) is 20.2 Å². The van der Waals surface area contributed by atoms with Crippen LogP contribution >= 0.6 is 11.8 Å². The van der Waals surface area contributed by atoms with E-state index in [0.717, 1.165) is 11.3 Å². The summed E-state index contributed by atoms with van der Waals surface area (Å²) in [5.41, 5.74) is 2.04. The number of hydrogen-bond acceptors (Lipinski definition) is 6. The molecule has 0 saturated heterocycles. The lowest BCUT2D eigenvalue weighted by Crippen LogP contribution is -1.80. The Balaban J connectivity index is 1.69. The van der Waals surface area contributed by atoms with Crippen LogP contribution in [0.5, 0.6) is 0 Å². The molecule has 3 aromatic heterocycles. The van der Waals surface area contributed by atoms with Crippen LogP contribution in [0.15, 0.2) is 58.7 Å². The summed E-state index contributed by atoms with van der Waals surface area (Å²) in [4.78, 5) is 7.93. The average Bonchev–Trinajstić information content (AvgIpc) is 2.96. The molecule has 94 valence electrons. The van der Waals surface area contributed by atoms with E-state index in [9.17, 15) is 0 Å². The molecule has 0 aliphatic heterocycles. The zero-order valence-corrected chi connectivity index (χ0v) is 10.7. The minimum absolute atomic E-state index is 0.514. The molecule has 19 heavy (non-hydrogen) atoms. The highest BCUT2D eigenvalue weighted by Gasteiger charge is 2.08. The summed E-state index contributed by atoms with van der Waals surface area (Å²) in [5.74, 6) is 1.29. The first-order valence-corrected chi connectivity index (χ1v) is 6.66. The number of nitrogens with zero attached hydrogens (tertiary/aromatic N) is 4. The van der Waals surface area contributed by atoms with Gasteiger partial charge in [0.05, 0.1) is 0 Å². The second kappa shape index (κ2) is 5.62. The van der Waals surface area contributed by atoms with Crippen molar-refractivity contribution in [1.29, 1.82) is 0 Å². The van der Waals surface area contributed by atoms with Gasteiger partial charge in [-0.05, 0) is 29.8 Å². The molecule has 6 heteroatoms. The molecule has 5 nitrogen and oxygen atoms in total. The first kappa shape index (κ1) is 11.9. The summed E-state index contributed by atoms with van der Waals surface area (Å²) < 4.78 is 5.59. The van der Waals surface area contributed by atoms with Gasteiger partial charge < -0.3 is 4.42 Å². The SMILES string of the molecule is c1cc(CSc2nnc(-c3ccncc3)o2)ccn1. The van der Waals surface area contributed by atoms with E-state index in [0.29, 0.717) is 11.1 Å². The van der Waals surface area contributed by atoms with Gasteiger partial charge in [-0.2, -0.15) is 0 Å². The molecule has 0 spiro atoms. The molecule has 0 unspecified atom stereocenters. The fourth-order valence-electron chi connectivity index (χ4n) is 1.50. The fourth-order valence-corrected chi connectivity index (χ4v) is 2.22. The van der Waals surface area contributed by atoms with Crippen LogP contribution in [0, 0.1) is 0 Å². The standard InChI is InChI=1S/C13H10N4OS/c1-5-14-6-2-10(1)9-19-13-17-16-12(18-13)11-3-7-15-8-4-11/h1-8H,9H2. The number of pyridine rings is 2.